The Morgan fingerprint density at radius 3 is 2.31 bits per heavy atom. The van der Waals surface area contributed by atoms with Gasteiger partial charge in [-0.3, -0.25) is 0 Å². The lowest BCUT2D eigenvalue weighted by atomic mass is 9.92. The average molecular weight is 364 g/mol. The second-order valence-electron chi connectivity index (χ2n) is 6.99. The molecule has 26 heavy (non-hydrogen) atoms. The average Bonchev–Trinajstić information content (AvgIpc) is 3.00. The van der Waals surface area contributed by atoms with E-state index in [2.05, 4.69) is 25.7 Å². The molecule has 0 aromatic carbocycles. The zero-order valence-corrected chi connectivity index (χ0v) is 14.6. The van der Waals surface area contributed by atoms with Crippen molar-refractivity contribution in [1.29, 1.82) is 0 Å². The van der Waals surface area contributed by atoms with Gasteiger partial charge in [-0.1, -0.05) is 0 Å². The summed E-state index contributed by atoms with van der Waals surface area (Å²) in [6, 6.07) is 3.89. The molecule has 0 amide bonds. The quantitative estimate of drug-likeness (QED) is 0.850. The van der Waals surface area contributed by atoms with Gasteiger partial charge in [-0.2, -0.15) is 15.1 Å². The molecular weight excluding hydrogens is 342 g/mol. The van der Waals surface area contributed by atoms with E-state index in [1.54, 1.807) is 10.9 Å². The Kier molecular flexibility index (Phi) is 4.47. The van der Waals surface area contributed by atoms with Crippen LogP contribution in [-0.4, -0.2) is 51.0 Å². The maximum Gasteiger partial charge on any atom is 0.254 e. The first-order chi connectivity index (χ1) is 12.5. The van der Waals surface area contributed by atoms with E-state index in [0.29, 0.717) is 43.6 Å². The third kappa shape index (κ3) is 3.92. The smallest absolute Gasteiger partial charge is 0.254 e. The summed E-state index contributed by atoms with van der Waals surface area (Å²) in [4.78, 5) is 9.04. The van der Waals surface area contributed by atoms with Crippen molar-refractivity contribution < 1.29 is 13.5 Å². The maximum atomic E-state index is 13.4. The molecule has 140 valence electrons. The van der Waals surface area contributed by atoms with Crippen LogP contribution in [0.25, 0.3) is 5.95 Å². The van der Waals surface area contributed by atoms with Crippen molar-refractivity contribution in [1.82, 2.24) is 19.7 Å². The third-order valence-corrected chi connectivity index (χ3v) is 4.70. The number of hydrogen-bond acceptors (Lipinski definition) is 6. The minimum absolute atomic E-state index is 0.0170. The molecule has 0 spiro atoms. The number of aryl methyl sites for hydroxylation is 1. The van der Waals surface area contributed by atoms with Crippen LogP contribution < -0.4 is 10.6 Å². The van der Waals surface area contributed by atoms with Crippen LogP contribution in [0, 0.1) is 6.92 Å². The highest BCUT2D eigenvalue weighted by molar-refractivity contribution is 5.51. The van der Waals surface area contributed by atoms with Gasteiger partial charge in [-0.25, -0.2) is 13.5 Å². The Morgan fingerprint density at radius 1 is 1.12 bits per heavy atom. The van der Waals surface area contributed by atoms with E-state index in [1.807, 2.05) is 19.1 Å². The van der Waals surface area contributed by atoms with Crippen molar-refractivity contribution in [2.24, 2.45) is 0 Å². The van der Waals surface area contributed by atoms with E-state index in [-0.39, 0.29) is 24.9 Å². The minimum Gasteiger partial charge on any atom is -0.377 e. The highest BCUT2D eigenvalue weighted by atomic mass is 19.3. The molecule has 3 heterocycles. The molecule has 1 saturated heterocycles. The summed E-state index contributed by atoms with van der Waals surface area (Å²) in [5, 5.41) is 11.0. The predicted octanol–water partition coefficient (Wildman–Crippen LogP) is 2.77. The summed E-state index contributed by atoms with van der Waals surface area (Å²) in [5.41, 5.74) is 0.864. The van der Waals surface area contributed by atoms with E-state index < -0.39 is 5.92 Å². The molecule has 0 bridgehead atoms. The number of nitrogens with one attached hydrogen (secondary N) is 2. The lowest BCUT2D eigenvalue weighted by molar-refractivity contribution is -0.0361. The molecule has 9 heteroatoms. The topological polar surface area (TPSA) is 76.9 Å². The monoisotopic (exact) mass is 364 g/mol. The van der Waals surface area contributed by atoms with Gasteiger partial charge in [0.15, 0.2) is 0 Å². The normalized spacial score (nSPS) is 20.6. The summed E-state index contributed by atoms with van der Waals surface area (Å²) in [7, 11) is 0. The van der Waals surface area contributed by atoms with E-state index in [9.17, 15) is 8.78 Å². The molecule has 2 aromatic heterocycles. The Morgan fingerprint density at radius 2 is 1.77 bits per heavy atom. The summed E-state index contributed by atoms with van der Waals surface area (Å²) < 4.78 is 33.5. The molecule has 2 N–H and O–H groups in total. The number of ether oxygens (including phenoxy) is 1. The van der Waals surface area contributed by atoms with Crippen LogP contribution >= 0.6 is 0 Å². The molecular formula is C17H22F2N6O. The molecule has 1 aliphatic heterocycles. The molecule has 4 rings (SSSR count). The van der Waals surface area contributed by atoms with Gasteiger partial charge in [-0.15, -0.1) is 0 Å². The first-order valence-electron chi connectivity index (χ1n) is 8.87. The fourth-order valence-electron chi connectivity index (χ4n) is 3.13. The Bertz CT molecular complexity index is 766. The van der Waals surface area contributed by atoms with Crippen molar-refractivity contribution in [2.75, 3.05) is 23.8 Å². The lowest BCUT2D eigenvalue weighted by Crippen LogP contribution is -2.40. The molecule has 1 saturated carbocycles. The second-order valence-corrected chi connectivity index (χ2v) is 6.99. The Balaban J connectivity index is 1.55. The summed E-state index contributed by atoms with van der Waals surface area (Å²) in [5.74, 6) is -0.827. The molecule has 2 aromatic rings. The van der Waals surface area contributed by atoms with Crippen LogP contribution in [0.2, 0.25) is 0 Å². The van der Waals surface area contributed by atoms with Crippen LogP contribution in [0.3, 0.4) is 0 Å². The number of hydrogen-bond donors (Lipinski definition) is 2. The fraction of sp³-hybridized carbons (Fsp3) is 0.588. The molecule has 2 fully saturated rings. The second kappa shape index (κ2) is 6.79. The number of alkyl halides is 2. The van der Waals surface area contributed by atoms with Crippen molar-refractivity contribution >= 4 is 11.6 Å². The largest absolute Gasteiger partial charge is 0.377 e. The number of rotatable bonds is 5. The van der Waals surface area contributed by atoms with E-state index in [0.717, 1.165) is 5.69 Å². The lowest BCUT2D eigenvalue weighted by Gasteiger charge is -2.30. The minimum atomic E-state index is -2.54. The highest BCUT2D eigenvalue weighted by Crippen LogP contribution is 2.34. The van der Waals surface area contributed by atoms with Gasteiger partial charge in [0.05, 0.1) is 24.9 Å². The molecule has 1 aliphatic carbocycles. The molecule has 0 radical (unpaired) electrons. The van der Waals surface area contributed by atoms with Crippen molar-refractivity contribution in [3.63, 3.8) is 0 Å². The number of aromatic nitrogens is 4. The van der Waals surface area contributed by atoms with Gasteiger partial charge >= 0.3 is 0 Å². The first kappa shape index (κ1) is 17.1. The molecule has 7 nitrogen and oxygen atoms in total. The van der Waals surface area contributed by atoms with Gasteiger partial charge in [-0.05, 0) is 25.8 Å². The Hall–Kier alpha value is -2.29. The molecule has 0 atom stereocenters. The van der Waals surface area contributed by atoms with Crippen molar-refractivity contribution in [3.05, 3.63) is 24.0 Å². The molecule has 2 aliphatic rings. The standard InChI is InChI=1S/C17H22F2N6O/c1-11-4-7-25(24-11)16-22-14(8-15(23-16)21-13-9-26-10-13)20-12-2-5-17(18,19)6-3-12/h4,7-8,12-13H,2-3,5-6,9-10H2,1H3,(H2,20,21,22,23). The Labute approximate surface area is 150 Å². The zero-order valence-electron chi connectivity index (χ0n) is 14.6. The molecule has 0 unspecified atom stereocenters. The van der Waals surface area contributed by atoms with Crippen LogP contribution in [0.1, 0.15) is 31.4 Å². The van der Waals surface area contributed by atoms with Gasteiger partial charge in [0.1, 0.15) is 11.6 Å². The van der Waals surface area contributed by atoms with E-state index in [4.69, 9.17) is 4.74 Å². The van der Waals surface area contributed by atoms with E-state index >= 15 is 0 Å². The van der Waals surface area contributed by atoms with Crippen molar-refractivity contribution in [2.45, 2.75) is 50.6 Å². The van der Waals surface area contributed by atoms with Gasteiger partial charge in [0, 0.05) is 31.1 Å². The van der Waals surface area contributed by atoms with Crippen molar-refractivity contribution in [3.8, 4) is 5.95 Å². The number of anilines is 2. The van der Waals surface area contributed by atoms with Crippen LogP contribution in [-0.2, 0) is 4.74 Å². The third-order valence-electron chi connectivity index (χ3n) is 4.70. The SMILES string of the molecule is Cc1ccn(-c2nc(NC3CCC(F)(F)CC3)cc(NC3COC3)n2)n1. The van der Waals surface area contributed by atoms with Gasteiger partial charge in [0.25, 0.3) is 5.95 Å². The summed E-state index contributed by atoms with van der Waals surface area (Å²) in [6.45, 7) is 3.17. The van der Waals surface area contributed by atoms with Crippen LogP contribution in [0.4, 0.5) is 20.4 Å². The van der Waals surface area contributed by atoms with Gasteiger partial charge < -0.3 is 15.4 Å². The highest BCUT2D eigenvalue weighted by Gasteiger charge is 2.35. The zero-order chi connectivity index (χ0) is 18.1. The first-order valence-corrected chi connectivity index (χ1v) is 8.87. The summed E-state index contributed by atoms with van der Waals surface area (Å²) >= 11 is 0. The number of nitrogens with zero attached hydrogens (tertiary/aromatic N) is 4. The van der Waals surface area contributed by atoms with Crippen LogP contribution in [0.5, 0.6) is 0 Å². The predicted molar refractivity (Wildman–Crippen MR) is 92.9 cm³/mol. The van der Waals surface area contributed by atoms with Gasteiger partial charge in [0.2, 0.25) is 5.92 Å². The fourth-order valence-corrected chi connectivity index (χ4v) is 3.13. The van der Waals surface area contributed by atoms with E-state index in [1.165, 1.54) is 0 Å². The maximum absolute atomic E-state index is 13.4. The van der Waals surface area contributed by atoms with Crippen LogP contribution in [0.15, 0.2) is 18.3 Å². The summed E-state index contributed by atoms with van der Waals surface area (Å²) in [6.07, 6.45) is 2.46. The number of halogens is 2.